The summed E-state index contributed by atoms with van der Waals surface area (Å²) in [5, 5.41) is 6.06. The van der Waals surface area contributed by atoms with Crippen molar-refractivity contribution in [1.82, 2.24) is 14.7 Å². The van der Waals surface area contributed by atoms with Crippen LogP contribution in [-0.4, -0.2) is 47.1 Å². The number of rotatable bonds is 3. The van der Waals surface area contributed by atoms with Gasteiger partial charge in [0.1, 0.15) is 0 Å². The molecule has 1 aliphatic heterocycles. The molecule has 3 rings (SSSR count). The summed E-state index contributed by atoms with van der Waals surface area (Å²) in [6, 6.07) is 3.40. The van der Waals surface area contributed by atoms with Gasteiger partial charge in [0.2, 0.25) is 5.91 Å². The zero-order valence-corrected chi connectivity index (χ0v) is 14.7. The quantitative estimate of drug-likeness (QED) is 0.840. The maximum atomic E-state index is 12.9. The lowest BCUT2D eigenvalue weighted by atomic mass is 10.1. The third kappa shape index (κ3) is 3.32. The molecular formula is C15H19N3O3S2. The molecule has 0 unspecified atom stereocenters. The summed E-state index contributed by atoms with van der Waals surface area (Å²) < 4.78 is 25.7. The SMILES string of the molecule is C[C@H](C(=O)N1CCS(=O)(=O)C[C@H]1c1cnn(C)c1)c1cccs1. The topological polar surface area (TPSA) is 72.3 Å². The van der Waals surface area contributed by atoms with Crippen molar-refractivity contribution in [3.8, 4) is 0 Å². The van der Waals surface area contributed by atoms with E-state index in [-0.39, 0.29) is 29.9 Å². The Morgan fingerprint density at radius 1 is 1.48 bits per heavy atom. The van der Waals surface area contributed by atoms with Crippen LogP contribution in [0.2, 0.25) is 0 Å². The molecule has 0 aromatic carbocycles. The second kappa shape index (κ2) is 6.09. The number of carbonyl (C=O) groups is 1. The molecule has 1 aliphatic rings. The molecule has 8 heteroatoms. The summed E-state index contributed by atoms with van der Waals surface area (Å²) >= 11 is 1.54. The monoisotopic (exact) mass is 353 g/mol. The molecule has 0 N–H and O–H groups in total. The first kappa shape index (κ1) is 16.2. The maximum Gasteiger partial charge on any atom is 0.231 e. The molecule has 1 amide bonds. The van der Waals surface area contributed by atoms with Crippen LogP contribution < -0.4 is 0 Å². The maximum absolute atomic E-state index is 12.9. The summed E-state index contributed by atoms with van der Waals surface area (Å²) in [5.74, 6) is -0.319. The molecule has 0 bridgehead atoms. The molecule has 0 aliphatic carbocycles. The zero-order valence-electron chi connectivity index (χ0n) is 13.0. The van der Waals surface area contributed by atoms with Crippen LogP contribution in [-0.2, 0) is 21.7 Å². The van der Waals surface area contributed by atoms with Gasteiger partial charge in [-0.3, -0.25) is 9.48 Å². The van der Waals surface area contributed by atoms with E-state index in [2.05, 4.69) is 5.10 Å². The Bertz CT molecular complexity index is 796. The molecule has 2 aromatic rings. The second-order valence-corrected chi connectivity index (χ2v) is 9.05. The fourth-order valence-electron chi connectivity index (χ4n) is 2.87. The highest BCUT2D eigenvalue weighted by Crippen LogP contribution is 2.31. The summed E-state index contributed by atoms with van der Waals surface area (Å²) in [6.45, 7) is 2.11. The van der Waals surface area contributed by atoms with Crippen molar-refractivity contribution >= 4 is 27.1 Å². The van der Waals surface area contributed by atoms with E-state index in [1.54, 1.807) is 40.4 Å². The fraction of sp³-hybridized carbons (Fsp3) is 0.467. The number of amides is 1. The number of carbonyl (C=O) groups excluding carboxylic acids is 1. The molecule has 6 nitrogen and oxygen atoms in total. The zero-order chi connectivity index (χ0) is 16.6. The van der Waals surface area contributed by atoms with Crippen LogP contribution >= 0.6 is 11.3 Å². The van der Waals surface area contributed by atoms with Gasteiger partial charge in [0.15, 0.2) is 9.84 Å². The van der Waals surface area contributed by atoms with E-state index in [1.165, 1.54) is 0 Å². The first-order valence-electron chi connectivity index (χ1n) is 7.40. The number of hydrogen-bond acceptors (Lipinski definition) is 5. The van der Waals surface area contributed by atoms with Gasteiger partial charge in [-0.2, -0.15) is 5.10 Å². The summed E-state index contributed by atoms with van der Waals surface area (Å²) in [5.41, 5.74) is 0.766. The third-order valence-corrected chi connectivity index (χ3v) is 6.85. The predicted molar refractivity (Wildman–Crippen MR) is 89.0 cm³/mol. The lowest BCUT2D eigenvalue weighted by Gasteiger charge is -2.36. The number of aryl methyl sites for hydroxylation is 1. The molecular weight excluding hydrogens is 334 g/mol. The lowest BCUT2D eigenvalue weighted by molar-refractivity contribution is -0.134. The normalized spacial score (nSPS) is 22.0. The van der Waals surface area contributed by atoms with Crippen LogP contribution in [0, 0.1) is 0 Å². The number of nitrogens with zero attached hydrogens (tertiary/aromatic N) is 3. The number of sulfone groups is 1. The highest BCUT2D eigenvalue weighted by atomic mass is 32.2. The molecule has 23 heavy (non-hydrogen) atoms. The van der Waals surface area contributed by atoms with Crippen molar-refractivity contribution in [3.63, 3.8) is 0 Å². The van der Waals surface area contributed by atoms with Gasteiger partial charge >= 0.3 is 0 Å². The molecule has 124 valence electrons. The molecule has 0 saturated carbocycles. The summed E-state index contributed by atoms with van der Waals surface area (Å²) in [6.07, 6.45) is 3.42. The average molecular weight is 353 g/mol. The predicted octanol–water partition coefficient (Wildman–Crippen LogP) is 1.58. The smallest absolute Gasteiger partial charge is 0.231 e. The molecule has 2 aromatic heterocycles. The van der Waals surface area contributed by atoms with Crippen molar-refractivity contribution in [3.05, 3.63) is 40.3 Å². The minimum absolute atomic E-state index is 0.0205. The van der Waals surface area contributed by atoms with Gasteiger partial charge in [-0.1, -0.05) is 6.07 Å². The van der Waals surface area contributed by atoms with E-state index >= 15 is 0 Å². The Balaban J connectivity index is 1.90. The van der Waals surface area contributed by atoms with Gasteiger partial charge < -0.3 is 4.90 Å². The first-order valence-corrected chi connectivity index (χ1v) is 10.1. The minimum Gasteiger partial charge on any atom is -0.333 e. The van der Waals surface area contributed by atoms with Crippen LogP contribution in [0.15, 0.2) is 29.9 Å². The highest BCUT2D eigenvalue weighted by molar-refractivity contribution is 7.91. The van der Waals surface area contributed by atoms with Crippen molar-refractivity contribution < 1.29 is 13.2 Å². The highest BCUT2D eigenvalue weighted by Gasteiger charge is 2.37. The third-order valence-electron chi connectivity index (χ3n) is 4.16. The van der Waals surface area contributed by atoms with Gasteiger partial charge in [-0.15, -0.1) is 11.3 Å². The molecule has 1 fully saturated rings. The molecule has 1 saturated heterocycles. The standard InChI is InChI=1S/C15H19N3O3S2/c1-11(14-4-3-6-22-14)15(19)18-5-7-23(20,21)10-13(18)12-8-16-17(2)9-12/h3-4,6,8-9,11,13H,5,7,10H2,1-2H3/t11-,13-/m0/s1. The van der Waals surface area contributed by atoms with Gasteiger partial charge in [-0.05, 0) is 18.4 Å². The van der Waals surface area contributed by atoms with E-state index in [1.807, 2.05) is 24.4 Å². The van der Waals surface area contributed by atoms with Crippen LogP contribution in [0.4, 0.5) is 0 Å². The van der Waals surface area contributed by atoms with Crippen LogP contribution in [0.3, 0.4) is 0 Å². The van der Waals surface area contributed by atoms with Crippen LogP contribution in [0.1, 0.15) is 29.3 Å². The minimum atomic E-state index is -3.15. The van der Waals surface area contributed by atoms with Crippen molar-refractivity contribution in [2.45, 2.75) is 18.9 Å². The van der Waals surface area contributed by atoms with E-state index in [0.29, 0.717) is 0 Å². The second-order valence-electron chi connectivity index (χ2n) is 5.85. The van der Waals surface area contributed by atoms with E-state index in [9.17, 15) is 13.2 Å². The molecule has 0 spiro atoms. The van der Waals surface area contributed by atoms with Gasteiger partial charge in [0.05, 0.1) is 29.7 Å². The van der Waals surface area contributed by atoms with Gasteiger partial charge in [0, 0.05) is 30.2 Å². The Kier molecular flexibility index (Phi) is 4.29. The molecule has 3 heterocycles. The van der Waals surface area contributed by atoms with Crippen molar-refractivity contribution in [1.29, 1.82) is 0 Å². The lowest BCUT2D eigenvalue weighted by Crippen LogP contribution is -2.47. The Labute approximate surface area is 139 Å². The van der Waals surface area contributed by atoms with Crippen LogP contribution in [0.5, 0.6) is 0 Å². The Hall–Kier alpha value is -1.67. The average Bonchev–Trinajstić information content (AvgIpc) is 3.16. The van der Waals surface area contributed by atoms with E-state index in [0.717, 1.165) is 10.4 Å². The molecule has 2 atom stereocenters. The van der Waals surface area contributed by atoms with Gasteiger partial charge in [0.25, 0.3) is 0 Å². The fourth-order valence-corrected chi connectivity index (χ4v) is 5.14. The number of hydrogen-bond donors (Lipinski definition) is 0. The molecule has 0 radical (unpaired) electrons. The summed E-state index contributed by atoms with van der Waals surface area (Å²) in [7, 11) is -1.37. The largest absolute Gasteiger partial charge is 0.333 e. The first-order chi connectivity index (χ1) is 10.9. The van der Waals surface area contributed by atoms with E-state index in [4.69, 9.17) is 0 Å². The van der Waals surface area contributed by atoms with Gasteiger partial charge in [-0.25, -0.2) is 8.42 Å². The Morgan fingerprint density at radius 3 is 2.87 bits per heavy atom. The van der Waals surface area contributed by atoms with Crippen LogP contribution in [0.25, 0.3) is 0 Å². The Morgan fingerprint density at radius 2 is 2.26 bits per heavy atom. The van der Waals surface area contributed by atoms with Crippen molar-refractivity contribution in [2.75, 3.05) is 18.1 Å². The number of aromatic nitrogens is 2. The van der Waals surface area contributed by atoms with E-state index < -0.39 is 15.9 Å². The summed E-state index contributed by atoms with van der Waals surface area (Å²) in [4.78, 5) is 15.6. The van der Waals surface area contributed by atoms with Crippen molar-refractivity contribution in [2.24, 2.45) is 7.05 Å². The number of thiophene rings is 1.